The molecule has 0 saturated carbocycles. The fourth-order valence-corrected chi connectivity index (χ4v) is 4.29. The molecule has 0 aliphatic carbocycles. The molecule has 0 radical (unpaired) electrons. The maximum atomic E-state index is 6.06. The second kappa shape index (κ2) is 6.50. The summed E-state index contributed by atoms with van der Waals surface area (Å²) in [6.45, 7) is 2.84. The lowest BCUT2D eigenvalue weighted by Crippen LogP contribution is -2.42. The van der Waals surface area contributed by atoms with Crippen LogP contribution in [0.25, 0.3) is 10.1 Å². The molecule has 3 nitrogen and oxygen atoms in total. The fraction of sp³-hybridized carbons (Fsp3) is 0.400. The monoisotopic (exact) mass is 305 g/mol. The standard InChI is InChI=1S/C15H19N3S2/c16-15(18-7-9-19-10-8-18)17-6-5-13-11-12-3-1-2-4-14(12)20-13/h1-4,11H,5-10H2,(H2,16,17). The van der Waals surface area contributed by atoms with Crippen molar-refractivity contribution >= 4 is 39.1 Å². The summed E-state index contributed by atoms with van der Waals surface area (Å²) in [5, 5.41) is 1.33. The van der Waals surface area contributed by atoms with Crippen molar-refractivity contribution in [2.24, 2.45) is 10.7 Å². The molecule has 2 N–H and O–H groups in total. The number of benzene rings is 1. The number of hydrogen-bond donors (Lipinski definition) is 1. The molecule has 3 rings (SSSR count). The largest absolute Gasteiger partial charge is 0.370 e. The molecule has 0 amide bonds. The van der Waals surface area contributed by atoms with Crippen LogP contribution in [0.2, 0.25) is 0 Å². The van der Waals surface area contributed by atoms with E-state index in [1.54, 1.807) is 0 Å². The predicted octanol–water partition coefficient (Wildman–Crippen LogP) is 2.81. The zero-order valence-electron chi connectivity index (χ0n) is 11.4. The average Bonchev–Trinajstić information content (AvgIpc) is 2.90. The summed E-state index contributed by atoms with van der Waals surface area (Å²) in [6.07, 6.45) is 0.975. The van der Waals surface area contributed by atoms with Crippen molar-refractivity contribution in [3.8, 4) is 0 Å². The number of thiophene rings is 1. The van der Waals surface area contributed by atoms with Crippen molar-refractivity contribution in [3.63, 3.8) is 0 Å². The number of nitrogens with two attached hydrogens (primary N) is 1. The Bertz CT molecular complexity index is 567. The predicted molar refractivity (Wildman–Crippen MR) is 90.9 cm³/mol. The lowest BCUT2D eigenvalue weighted by atomic mass is 10.2. The van der Waals surface area contributed by atoms with E-state index < -0.39 is 0 Å². The Labute approximate surface area is 127 Å². The SMILES string of the molecule is NC(=NCCc1cc2ccccc2s1)N1CCSCC1. The summed E-state index contributed by atoms with van der Waals surface area (Å²) in [5.41, 5.74) is 6.06. The van der Waals surface area contributed by atoms with Gasteiger partial charge in [0.15, 0.2) is 5.96 Å². The molecule has 2 aromatic rings. The highest BCUT2D eigenvalue weighted by molar-refractivity contribution is 7.99. The smallest absolute Gasteiger partial charge is 0.191 e. The van der Waals surface area contributed by atoms with Gasteiger partial charge in [-0.05, 0) is 17.5 Å². The molecule has 106 valence electrons. The van der Waals surface area contributed by atoms with Crippen molar-refractivity contribution in [1.82, 2.24) is 4.90 Å². The van der Waals surface area contributed by atoms with Gasteiger partial charge in [-0.15, -0.1) is 11.3 Å². The van der Waals surface area contributed by atoms with Gasteiger partial charge < -0.3 is 10.6 Å². The first-order valence-electron chi connectivity index (χ1n) is 6.93. The van der Waals surface area contributed by atoms with Crippen LogP contribution < -0.4 is 5.73 Å². The quantitative estimate of drug-likeness (QED) is 0.700. The van der Waals surface area contributed by atoms with E-state index in [4.69, 9.17) is 5.73 Å². The van der Waals surface area contributed by atoms with Gasteiger partial charge in [0.2, 0.25) is 0 Å². The van der Waals surface area contributed by atoms with Crippen LogP contribution in [-0.2, 0) is 6.42 Å². The molecule has 2 heterocycles. The van der Waals surface area contributed by atoms with E-state index in [2.05, 4.69) is 40.2 Å². The third kappa shape index (κ3) is 3.27. The number of aliphatic imine (C=N–C) groups is 1. The number of hydrogen-bond acceptors (Lipinski definition) is 3. The van der Waals surface area contributed by atoms with Gasteiger partial charge in [-0.1, -0.05) is 18.2 Å². The van der Waals surface area contributed by atoms with Crippen LogP contribution in [0.5, 0.6) is 0 Å². The third-order valence-electron chi connectivity index (χ3n) is 3.44. The van der Waals surface area contributed by atoms with E-state index in [1.165, 1.54) is 15.0 Å². The molecular formula is C15H19N3S2. The van der Waals surface area contributed by atoms with E-state index in [0.717, 1.165) is 37.6 Å². The molecule has 0 spiro atoms. The molecule has 0 unspecified atom stereocenters. The molecule has 1 aliphatic heterocycles. The number of rotatable bonds is 3. The van der Waals surface area contributed by atoms with Crippen molar-refractivity contribution in [3.05, 3.63) is 35.2 Å². The first kappa shape index (κ1) is 13.8. The van der Waals surface area contributed by atoms with Crippen molar-refractivity contribution in [2.75, 3.05) is 31.1 Å². The minimum absolute atomic E-state index is 0.714. The molecule has 0 atom stereocenters. The Morgan fingerprint density at radius 2 is 2.05 bits per heavy atom. The van der Waals surface area contributed by atoms with E-state index >= 15 is 0 Å². The van der Waals surface area contributed by atoms with Gasteiger partial charge in [-0.25, -0.2) is 0 Å². The molecular weight excluding hydrogens is 286 g/mol. The van der Waals surface area contributed by atoms with Gasteiger partial charge in [0.1, 0.15) is 0 Å². The molecule has 5 heteroatoms. The van der Waals surface area contributed by atoms with Crippen molar-refractivity contribution in [1.29, 1.82) is 0 Å². The second-order valence-corrected chi connectivity index (χ2v) is 7.23. The van der Waals surface area contributed by atoms with E-state index in [-0.39, 0.29) is 0 Å². The lowest BCUT2D eigenvalue weighted by molar-refractivity contribution is 0.456. The Morgan fingerprint density at radius 3 is 2.85 bits per heavy atom. The van der Waals surface area contributed by atoms with Gasteiger partial charge in [-0.2, -0.15) is 11.8 Å². The second-order valence-electron chi connectivity index (χ2n) is 4.84. The summed E-state index contributed by atoms with van der Waals surface area (Å²) in [4.78, 5) is 8.11. The highest BCUT2D eigenvalue weighted by Gasteiger charge is 2.11. The molecule has 1 fully saturated rings. The van der Waals surface area contributed by atoms with Gasteiger partial charge in [0.05, 0.1) is 0 Å². The number of nitrogens with zero attached hydrogens (tertiary/aromatic N) is 2. The van der Waals surface area contributed by atoms with E-state index in [1.807, 2.05) is 23.1 Å². The molecule has 20 heavy (non-hydrogen) atoms. The topological polar surface area (TPSA) is 41.6 Å². The maximum Gasteiger partial charge on any atom is 0.191 e. The first-order valence-corrected chi connectivity index (χ1v) is 8.90. The van der Waals surface area contributed by atoms with Gasteiger partial charge >= 0.3 is 0 Å². The van der Waals surface area contributed by atoms with Crippen molar-refractivity contribution in [2.45, 2.75) is 6.42 Å². The maximum absolute atomic E-state index is 6.06. The van der Waals surface area contributed by atoms with E-state index in [0.29, 0.717) is 5.96 Å². The van der Waals surface area contributed by atoms with Crippen LogP contribution >= 0.6 is 23.1 Å². The Balaban J connectivity index is 1.58. The molecule has 1 aromatic heterocycles. The molecule has 1 aliphatic rings. The Kier molecular flexibility index (Phi) is 4.47. The lowest BCUT2D eigenvalue weighted by Gasteiger charge is -2.27. The fourth-order valence-electron chi connectivity index (χ4n) is 2.33. The zero-order chi connectivity index (χ0) is 13.8. The van der Waals surface area contributed by atoms with Gasteiger partial charge in [0, 0.05) is 47.1 Å². The van der Waals surface area contributed by atoms with Gasteiger partial charge in [0.25, 0.3) is 0 Å². The first-order chi connectivity index (χ1) is 9.83. The van der Waals surface area contributed by atoms with E-state index in [9.17, 15) is 0 Å². The Hall–Kier alpha value is -1.20. The van der Waals surface area contributed by atoms with Crippen LogP contribution in [0, 0.1) is 0 Å². The summed E-state index contributed by atoms with van der Waals surface area (Å²) >= 11 is 3.85. The average molecular weight is 305 g/mol. The summed E-state index contributed by atoms with van der Waals surface area (Å²) < 4.78 is 1.35. The number of guanidine groups is 1. The summed E-state index contributed by atoms with van der Waals surface area (Å²) in [5.74, 6) is 3.03. The normalized spacial score (nSPS) is 16.8. The van der Waals surface area contributed by atoms with Crippen LogP contribution in [0.15, 0.2) is 35.3 Å². The van der Waals surface area contributed by atoms with Crippen LogP contribution in [0.1, 0.15) is 4.88 Å². The molecule has 1 saturated heterocycles. The van der Waals surface area contributed by atoms with Gasteiger partial charge in [-0.3, -0.25) is 4.99 Å². The highest BCUT2D eigenvalue weighted by atomic mass is 32.2. The van der Waals surface area contributed by atoms with Crippen LogP contribution in [0.4, 0.5) is 0 Å². The van der Waals surface area contributed by atoms with Crippen molar-refractivity contribution < 1.29 is 0 Å². The highest BCUT2D eigenvalue weighted by Crippen LogP contribution is 2.25. The molecule has 1 aromatic carbocycles. The minimum atomic E-state index is 0.714. The van der Waals surface area contributed by atoms with Crippen LogP contribution in [0.3, 0.4) is 0 Å². The van der Waals surface area contributed by atoms with Crippen LogP contribution in [-0.4, -0.2) is 42.0 Å². The summed E-state index contributed by atoms with van der Waals surface area (Å²) in [7, 11) is 0. The molecule has 0 bridgehead atoms. The third-order valence-corrected chi connectivity index (χ3v) is 5.56. The summed E-state index contributed by atoms with van der Waals surface area (Å²) in [6, 6.07) is 10.8. The number of fused-ring (bicyclic) bond motifs is 1. The minimum Gasteiger partial charge on any atom is -0.370 e. The zero-order valence-corrected chi connectivity index (χ0v) is 13.1. The number of thioether (sulfide) groups is 1. The Morgan fingerprint density at radius 1 is 1.25 bits per heavy atom.